The van der Waals surface area contributed by atoms with Crippen molar-refractivity contribution in [2.45, 2.75) is 45.4 Å². The zero-order chi connectivity index (χ0) is 18.6. The third-order valence-electron chi connectivity index (χ3n) is 4.60. The van der Waals surface area contributed by atoms with Crippen molar-refractivity contribution in [1.29, 1.82) is 0 Å². The highest BCUT2D eigenvalue weighted by molar-refractivity contribution is 5.94. The van der Waals surface area contributed by atoms with Crippen LogP contribution in [0.4, 0.5) is 0 Å². The molecule has 1 saturated heterocycles. The Balaban J connectivity index is 2.01. The van der Waals surface area contributed by atoms with E-state index < -0.39 is 0 Å². The number of methoxy groups -OCH3 is 2. The highest BCUT2D eigenvalue weighted by Gasteiger charge is 2.33. The zero-order valence-corrected chi connectivity index (χ0v) is 16.1. The predicted octanol–water partition coefficient (Wildman–Crippen LogP) is 2.32. The van der Waals surface area contributed by atoms with Crippen molar-refractivity contribution in [3.8, 4) is 11.5 Å². The van der Waals surface area contributed by atoms with Gasteiger partial charge in [-0.1, -0.05) is 0 Å². The quantitative estimate of drug-likeness (QED) is 0.853. The van der Waals surface area contributed by atoms with Crippen molar-refractivity contribution >= 4 is 5.91 Å². The first-order chi connectivity index (χ1) is 11.8. The van der Waals surface area contributed by atoms with Crippen LogP contribution in [-0.4, -0.2) is 62.4 Å². The van der Waals surface area contributed by atoms with E-state index in [4.69, 9.17) is 14.2 Å². The number of rotatable bonds is 6. The van der Waals surface area contributed by atoms with Crippen LogP contribution in [0.25, 0.3) is 0 Å². The molecule has 25 heavy (non-hydrogen) atoms. The van der Waals surface area contributed by atoms with Gasteiger partial charge in [0, 0.05) is 30.7 Å². The van der Waals surface area contributed by atoms with E-state index in [1.807, 2.05) is 0 Å². The number of hydrogen-bond donors (Lipinski definition) is 1. The van der Waals surface area contributed by atoms with Crippen LogP contribution < -0.4 is 14.8 Å². The number of carbonyl (C=O) groups is 1. The van der Waals surface area contributed by atoms with E-state index in [2.05, 4.69) is 37.9 Å². The summed E-state index contributed by atoms with van der Waals surface area (Å²) in [6.45, 7) is 10.7. The Hall–Kier alpha value is -1.79. The standard InChI is InChI=1S/C19H30N2O4/c1-13-10-21(11-14(2)25-13)19(3,4)12-20-18(22)15-7-8-16(23-5)17(9-15)24-6/h7-9,13-14H,10-12H2,1-6H3,(H,20,22)/t13-,14+. The lowest BCUT2D eigenvalue weighted by Crippen LogP contribution is -2.58. The van der Waals surface area contributed by atoms with Crippen molar-refractivity contribution in [2.75, 3.05) is 33.9 Å². The number of morpholine rings is 1. The molecule has 1 aromatic rings. The summed E-state index contributed by atoms with van der Waals surface area (Å²) in [4.78, 5) is 14.9. The largest absolute Gasteiger partial charge is 0.493 e. The van der Waals surface area contributed by atoms with Crippen LogP contribution in [0, 0.1) is 0 Å². The number of nitrogens with zero attached hydrogens (tertiary/aromatic N) is 1. The molecule has 1 aliphatic rings. The summed E-state index contributed by atoms with van der Waals surface area (Å²) < 4.78 is 16.3. The van der Waals surface area contributed by atoms with Gasteiger partial charge >= 0.3 is 0 Å². The number of nitrogens with one attached hydrogen (secondary N) is 1. The number of amides is 1. The monoisotopic (exact) mass is 350 g/mol. The second-order valence-corrected chi connectivity index (χ2v) is 7.23. The van der Waals surface area contributed by atoms with Crippen LogP contribution in [0.15, 0.2) is 18.2 Å². The minimum atomic E-state index is -0.154. The van der Waals surface area contributed by atoms with E-state index in [1.54, 1.807) is 32.4 Å². The smallest absolute Gasteiger partial charge is 0.251 e. The lowest BCUT2D eigenvalue weighted by atomic mass is 10.00. The fraction of sp³-hybridized carbons (Fsp3) is 0.632. The molecule has 1 aromatic carbocycles. The van der Waals surface area contributed by atoms with Gasteiger partial charge in [0.2, 0.25) is 0 Å². The molecule has 0 unspecified atom stereocenters. The summed E-state index contributed by atoms with van der Waals surface area (Å²) in [5.74, 6) is 1.03. The molecule has 0 bridgehead atoms. The molecular formula is C19H30N2O4. The van der Waals surface area contributed by atoms with Crippen LogP contribution in [0.1, 0.15) is 38.1 Å². The molecule has 0 saturated carbocycles. The third-order valence-corrected chi connectivity index (χ3v) is 4.60. The molecule has 0 aliphatic carbocycles. The molecule has 140 valence electrons. The maximum atomic E-state index is 12.5. The average Bonchev–Trinajstić information content (AvgIpc) is 2.58. The van der Waals surface area contributed by atoms with E-state index in [0.29, 0.717) is 23.6 Å². The van der Waals surface area contributed by atoms with Gasteiger partial charge in [0.05, 0.1) is 26.4 Å². The first kappa shape index (κ1) is 19.5. The highest BCUT2D eigenvalue weighted by Crippen LogP contribution is 2.27. The first-order valence-corrected chi connectivity index (χ1v) is 8.67. The number of benzene rings is 1. The second kappa shape index (κ2) is 8.06. The molecule has 1 aliphatic heterocycles. The Labute approximate surface area is 150 Å². The molecular weight excluding hydrogens is 320 g/mol. The summed E-state index contributed by atoms with van der Waals surface area (Å²) in [6.07, 6.45) is 0.397. The first-order valence-electron chi connectivity index (χ1n) is 8.67. The van der Waals surface area contributed by atoms with Gasteiger partial charge in [0.15, 0.2) is 11.5 Å². The molecule has 6 heteroatoms. The van der Waals surface area contributed by atoms with Gasteiger partial charge in [0.1, 0.15) is 0 Å². The Morgan fingerprint density at radius 1 is 1.20 bits per heavy atom. The zero-order valence-electron chi connectivity index (χ0n) is 16.1. The Kier molecular flexibility index (Phi) is 6.30. The Morgan fingerprint density at radius 2 is 1.80 bits per heavy atom. The number of carbonyl (C=O) groups excluding carboxylic acids is 1. The number of ether oxygens (including phenoxy) is 3. The maximum absolute atomic E-state index is 12.5. The van der Waals surface area contributed by atoms with Crippen molar-refractivity contribution in [1.82, 2.24) is 10.2 Å². The van der Waals surface area contributed by atoms with Gasteiger partial charge in [-0.05, 0) is 45.9 Å². The molecule has 0 spiro atoms. The maximum Gasteiger partial charge on any atom is 0.251 e. The SMILES string of the molecule is COc1ccc(C(=O)NCC(C)(C)N2C[C@@H](C)O[C@@H](C)C2)cc1OC. The fourth-order valence-corrected chi connectivity index (χ4v) is 3.16. The molecule has 1 fully saturated rings. The summed E-state index contributed by atoms with van der Waals surface area (Å²) in [5, 5.41) is 3.04. The van der Waals surface area contributed by atoms with Crippen molar-refractivity contribution < 1.29 is 19.0 Å². The Bertz CT molecular complexity index is 593. The minimum Gasteiger partial charge on any atom is -0.493 e. The third kappa shape index (κ3) is 4.86. The molecule has 1 heterocycles. The van der Waals surface area contributed by atoms with Crippen molar-refractivity contribution in [2.24, 2.45) is 0 Å². The summed E-state index contributed by atoms with van der Waals surface area (Å²) in [6, 6.07) is 5.17. The van der Waals surface area contributed by atoms with E-state index in [1.165, 1.54) is 0 Å². The lowest BCUT2D eigenvalue weighted by molar-refractivity contribution is -0.0948. The fourth-order valence-electron chi connectivity index (χ4n) is 3.16. The van der Waals surface area contributed by atoms with Gasteiger partial charge in [-0.2, -0.15) is 0 Å². The molecule has 1 amide bonds. The minimum absolute atomic E-state index is 0.122. The Morgan fingerprint density at radius 3 is 2.36 bits per heavy atom. The van der Waals surface area contributed by atoms with Crippen LogP contribution in [0.5, 0.6) is 11.5 Å². The van der Waals surface area contributed by atoms with Crippen LogP contribution in [-0.2, 0) is 4.74 Å². The number of hydrogen-bond acceptors (Lipinski definition) is 5. The van der Waals surface area contributed by atoms with Gasteiger partial charge in [-0.25, -0.2) is 0 Å². The van der Waals surface area contributed by atoms with Crippen molar-refractivity contribution in [3.63, 3.8) is 0 Å². The molecule has 2 rings (SSSR count). The van der Waals surface area contributed by atoms with Crippen LogP contribution >= 0.6 is 0 Å². The predicted molar refractivity (Wildman–Crippen MR) is 97.5 cm³/mol. The topological polar surface area (TPSA) is 60.0 Å². The summed E-state index contributed by atoms with van der Waals surface area (Å²) in [7, 11) is 3.13. The molecule has 0 aromatic heterocycles. The summed E-state index contributed by atoms with van der Waals surface area (Å²) >= 11 is 0. The average molecular weight is 350 g/mol. The molecule has 2 atom stereocenters. The van der Waals surface area contributed by atoms with Crippen LogP contribution in [0.2, 0.25) is 0 Å². The molecule has 1 N–H and O–H groups in total. The van der Waals surface area contributed by atoms with E-state index in [-0.39, 0.29) is 23.7 Å². The van der Waals surface area contributed by atoms with Gasteiger partial charge in [-0.3, -0.25) is 9.69 Å². The summed E-state index contributed by atoms with van der Waals surface area (Å²) in [5.41, 5.74) is 0.399. The second-order valence-electron chi connectivity index (χ2n) is 7.23. The van der Waals surface area contributed by atoms with Gasteiger partial charge < -0.3 is 19.5 Å². The van der Waals surface area contributed by atoms with Crippen LogP contribution in [0.3, 0.4) is 0 Å². The highest BCUT2D eigenvalue weighted by atomic mass is 16.5. The van der Waals surface area contributed by atoms with E-state index >= 15 is 0 Å². The molecule has 0 radical (unpaired) electrons. The lowest BCUT2D eigenvalue weighted by Gasteiger charge is -2.45. The van der Waals surface area contributed by atoms with E-state index in [0.717, 1.165) is 13.1 Å². The van der Waals surface area contributed by atoms with Gasteiger partial charge in [-0.15, -0.1) is 0 Å². The van der Waals surface area contributed by atoms with E-state index in [9.17, 15) is 4.79 Å². The normalized spacial score (nSPS) is 21.7. The molecule has 6 nitrogen and oxygen atoms in total. The van der Waals surface area contributed by atoms with Gasteiger partial charge in [0.25, 0.3) is 5.91 Å². The van der Waals surface area contributed by atoms with Crippen molar-refractivity contribution in [3.05, 3.63) is 23.8 Å².